The summed E-state index contributed by atoms with van der Waals surface area (Å²) in [4.78, 5) is 63.1. The van der Waals surface area contributed by atoms with Crippen molar-refractivity contribution in [2.75, 3.05) is 12.6 Å². The Morgan fingerprint density at radius 2 is 1.77 bits per heavy atom. The summed E-state index contributed by atoms with van der Waals surface area (Å²) in [6.45, 7) is 0. The Labute approximate surface area is 218 Å². The number of fused-ring (bicyclic) bond motifs is 4. The van der Waals surface area contributed by atoms with Gasteiger partial charge in [-0.1, -0.05) is 39.7 Å². The maximum Gasteiger partial charge on any atom is 0.423 e. The average Bonchev–Trinajstić information content (AvgIpc) is 3.17. The van der Waals surface area contributed by atoms with Crippen LogP contribution in [0.15, 0.2) is 35.9 Å². The molecular weight excluding hydrogens is 567 g/mol. The lowest BCUT2D eigenvalue weighted by atomic mass is 9.56. The summed E-state index contributed by atoms with van der Waals surface area (Å²) in [6.07, 6.45) is 0.633. The second-order valence-electron chi connectivity index (χ2n) is 9.06. The number of rotatable bonds is 2. The van der Waals surface area contributed by atoms with Gasteiger partial charge in [-0.25, -0.2) is 4.79 Å². The molecule has 1 aromatic rings. The zero-order chi connectivity index (χ0) is 25.4. The number of benzene rings is 1. The number of phenols is 1. The van der Waals surface area contributed by atoms with Crippen molar-refractivity contribution in [3.63, 3.8) is 0 Å². The third kappa shape index (κ3) is 2.96. The van der Waals surface area contributed by atoms with Gasteiger partial charge < -0.3 is 9.84 Å². The number of alkyl halides is 3. The molecule has 35 heavy (non-hydrogen) atoms. The Bertz CT molecular complexity index is 1220. The number of phenolic OH excluding ortho intramolecular Hbond substituents is 1. The summed E-state index contributed by atoms with van der Waals surface area (Å²) in [5.41, 5.74) is 0.976. The smallest absolute Gasteiger partial charge is 0.423 e. The third-order valence-electron chi connectivity index (χ3n) is 7.60. The fourth-order valence-corrected chi connectivity index (χ4v) is 7.49. The van der Waals surface area contributed by atoms with Crippen LogP contribution in [0, 0.1) is 17.8 Å². The minimum atomic E-state index is -1.92. The van der Waals surface area contributed by atoms with E-state index in [-0.39, 0.29) is 24.0 Å². The van der Waals surface area contributed by atoms with Crippen molar-refractivity contribution in [3.05, 3.63) is 41.5 Å². The molecule has 1 N–H and O–H groups in total. The number of carbonyl (C=O) groups excluding carboxylic acids is 5. The van der Waals surface area contributed by atoms with Crippen LogP contribution in [0.5, 0.6) is 5.75 Å². The quantitative estimate of drug-likeness (QED) is 0.245. The van der Waals surface area contributed by atoms with Crippen molar-refractivity contribution in [1.82, 2.24) is 9.80 Å². The molecule has 0 aromatic heterocycles. The highest BCUT2D eigenvalue weighted by Crippen LogP contribution is 2.65. The maximum atomic E-state index is 13.5. The van der Waals surface area contributed by atoms with E-state index in [2.05, 4.69) is 20.7 Å². The molecule has 6 atom stereocenters. The second kappa shape index (κ2) is 8.04. The molecule has 4 aliphatic rings. The van der Waals surface area contributed by atoms with Gasteiger partial charge in [0.15, 0.2) is 9.75 Å². The first-order valence-corrected chi connectivity index (χ1v) is 12.7. The molecule has 0 bridgehead atoms. The highest BCUT2D eigenvalue weighted by molar-refractivity contribution is 9.09. The zero-order valence-corrected chi connectivity index (χ0v) is 21.3. The monoisotopic (exact) mass is 584 g/mol. The number of amides is 5. The summed E-state index contributed by atoms with van der Waals surface area (Å²) in [6, 6.07) is 6.00. The molecule has 5 amide bonds. The van der Waals surface area contributed by atoms with Crippen LogP contribution in [0.1, 0.15) is 24.3 Å². The summed E-state index contributed by atoms with van der Waals surface area (Å²) in [7, 11) is 1.07. The van der Waals surface area contributed by atoms with E-state index in [9.17, 15) is 29.1 Å². The van der Waals surface area contributed by atoms with E-state index in [1.165, 1.54) is 12.1 Å². The zero-order valence-electron chi connectivity index (χ0n) is 18.2. The molecule has 184 valence electrons. The van der Waals surface area contributed by atoms with Gasteiger partial charge in [-0.15, -0.1) is 23.2 Å². The number of imide groups is 4. The Morgan fingerprint density at radius 3 is 2.37 bits per heavy atom. The van der Waals surface area contributed by atoms with Crippen molar-refractivity contribution in [3.8, 4) is 5.75 Å². The van der Waals surface area contributed by atoms with Gasteiger partial charge in [-0.2, -0.15) is 4.90 Å². The first kappa shape index (κ1) is 24.3. The average molecular weight is 586 g/mol. The van der Waals surface area contributed by atoms with Crippen LogP contribution < -0.4 is 0 Å². The predicted octanol–water partition coefficient (Wildman–Crippen LogP) is 2.87. The highest BCUT2D eigenvalue weighted by Gasteiger charge is 2.76. The van der Waals surface area contributed by atoms with Gasteiger partial charge in [0.05, 0.1) is 24.4 Å². The van der Waals surface area contributed by atoms with Crippen LogP contribution in [0.25, 0.3) is 0 Å². The van der Waals surface area contributed by atoms with Crippen LogP contribution in [0.4, 0.5) is 4.79 Å². The highest BCUT2D eigenvalue weighted by atomic mass is 79.9. The normalized spacial score (nSPS) is 36.1. The number of halogens is 3. The number of likely N-dealkylation sites (tertiary alicyclic amines) is 2. The molecule has 1 saturated carbocycles. The van der Waals surface area contributed by atoms with E-state index in [0.29, 0.717) is 16.0 Å². The fourth-order valence-electron chi connectivity index (χ4n) is 6.06. The largest absolute Gasteiger partial charge is 0.508 e. The number of hydrogen-bond acceptors (Lipinski definition) is 7. The minimum Gasteiger partial charge on any atom is -0.508 e. The summed E-state index contributed by atoms with van der Waals surface area (Å²) in [5.74, 6) is -6.29. The number of allylic oxidation sites excluding steroid dienone is 2. The number of aromatic hydroxyl groups is 1. The molecule has 2 aliphatic heterocycles. The molecule has 1 aromatic carbocycles. The van der Waals surface area contributed by atoms with Crippen molar-refractivity contribution >= 4 is 68.9 Å². The van der Waals surface area contributed by atoms with Gasteiger partial charge in [-0.05, 0) is 36.5 Å². The van der Waals surface area contributed by atoms with Crippen LogP contribution in [-0.2, 0) is 23.9 Å². The lowest BCUT2D eigenvalue weighted by Gasteiger charge is -2.50. The Morgan fingerprint density at radius 1 is 1.11 bits per heavy atom. The van der Waals surface area contributed by atoms with E-state index in [0.717, 1.165) is 12.0 Å². The molecular formula is C23H19BrCl2N2O7. The molecule has 0 spiro atoms. The Balaban J connectivity index is 1.71. The first-order valence-electron chi connectivity index (χ1n) is 10.8. The number of hydrogen-bond donors (Lipinski definition) is 1. The van der Waals surface area contributed by atoms with E-state index in [4.69, 9.17) is 23.2 Å². The molecule has 2 saturated heterocycles. The second-order valence-corrected chi connectivity index (χ2v) is 10.8. The van der Waals surface area contributed by atoms with Crippen LogP contribution in [0.3, 0.4) is 0 Å². The summed E-state index contributed by atoms with van der Waals surface area (Å²) in [5, 5.41) is 9.81. The summed E-state index contributed by atoms with van der Waals surface area (Å²) >= 11 is 17.2. The van der Waals surface area contributed by atoms with Gasteiger partial charge in [0.25, 0.3) is 11.8 Å². The van der Waals surface area contributed by atoms with E-state index in [1.807, 2.05) is 0 Å². The van der Waals surface area contributed by atoms with Crippen molar-refractivity contribution in [2.24, 2.45) is 17.8 Å². The number of carbonyl (C=O) groups is 5. The molecule has 0 unspecified atom stereocenters. The standard InChI is InChI=1S/C23H19BrCl2N2O7/c1-35-21(34)28-17(30)13-7-6-12-14(15(13)18(28)31)8-22(25)19(32)27(9-24)20(33)23(22,26)16(12)10-2-4-11(29)5-3-10/h2-6,13-16,29H,7-9H2,1H3/t13-,14+,15-,16-,22+,23-/m0/s1. The van der Waals surface area contributed by atoms with Gasteiger partial charge >= 0.3 is 6.09 Å². The van der Waals surface area contributed by atoms with E-state index < -0.39 is 63.1 Å². The Kier molecular flexibility index (Phi) is 5.58. The van der Waals surface area contributed by atoms with Crippen LogP contribution >= 0.6 is 39.1 Å². The fraction of sp³-hybridized carbons (Fsp3) is 0.435. The van der Waals surface area contributed by atoms with Crippen molar-refractivity contribution < 1.29 is 33.8 Å². The minimum absolute atomic E-state index is 0.0132. The SMILES string of the molecule is COC(=O)N1C(=O)[C@H]2[C@H](CC=C3[C@H]2C[C@@]2(Cl)C(=O)N(CBr)C(=O)[C@@]2(Cl)[C@H]3c2ccc(O)cc2)C1=O. The van der Waals surface area contributed by atoms with Crippen molar-refractivity contribution in [1.29, 1.82) is 0 Å². The molecule has 5 rings (SSSR count). The maximum absolute atomic E-state index is 13.5. The number of methoxy groups -OCH3 is 1. The lowest BCUT2D eigenvalue weighted by Crippen LogP contribution is -2.60. The summed E-state index contributed by atoms with van der Waals surface area (Å²) < 4.78 is 4.63. The predicted molar refractivity (Wildman–Crippen MR) is 126 cm³/mol. The van der Waals surface area contributed by atoms with Gasteiger partial charge in [0.2, 0.25) is 11.8 Å². The van der Waals surface area contributed by atoms with E-state index >= 15 is 0 Å². The topological polar surface area (TPSA) is 121 Å². The van der Waals surface area contributed by atoms with Gasteiger partial charge in [-0.3, -0.25) is 24.1 Å². The Hall–Kier alpha value is -2.43. The third-order valence-corrected chi connectivity index (χ3v) is 9.51. The van der Waals surface area contributed by atoms with E-state index in [1.54, 1.807) is 18.2 Å². The lowest BCUT2D eigenvalue weighted by molar-refractivity contribution is -0.140. The number of ether oxygens (including phenoxy) is 1. The number of nitrogens with zero attached hydrogens (tertiary/aromatic N) is 2. The van der Waals surface area contributed by atoms with Crippen LogP contribution in [0.2, 0.25) is 0 Å². The molecule has 9 nitrogen and oxygen atoms in total. The van der Waals surface area contributed by atoms with Gasteiger partial charge in [0.1, 0.15) is 5.75 Å². The molecule has 2 heterocycles. The first-order chi connectivity index (χ1) is 16.5. The molecule has 0 radical (unpaired) electrons. The molecule has 3 fully saturated rings. The molecule has 12 heteroatoms. The van der Waals surface area contributed by atoms with Crippen LogP contribution in [-0.4, -0.2) is 66.9 Å². The molecule has 2 aliphatic carbocycles. The van der Waals surface area contributed by atoms with Gasteiger partial charge in [0, 0.05) is 5.92 Å². The van der Waals surface area contributed by atoms with Crippen molar-refractivity contribution in [2.45, 2.75) is 28.5 Å².